The minimum absolute atomic E-state index is 0.242. The summed E-state index contributed by atoms with van der Waals surface area (Å²) < 4.78 is 22.3. The van der Waals surface area contributed by atoms with Crippen molar-refractivity contribution in [1.29, 1.82) is 0 Å². The number of carbonyl (C=O) groups excluding carboxylic acids is 1. The molecule has 3 aromatic rings. The number of hydrogen-bond donors (Lipinski definition) is 0. The Morgan fingerprint density at radius 2 is 1.70 bits per heavy atom. The van der Waals surface area contributed by atoms with Gasteiger partial charge in [-0.3, -0.25) is 9.78 Å². The minimum Gasteiger partial charge on any atom is -0.497 e. The van der Waals surface area contributed by atoms with Crippen molar-refractivity contribution in [1.82, 2.24) is 4.98 Å². The van der Waals surface area contributed by atoms with E-state index in [0.29, 0.717) is 16.2 Å². The van der Waals surface area contributed by atoms with Crippen LogP contribution >= 0.6 is 0 Å². The molecule has 152 valence electrons. The molecule has 1 heterocycles. The molecule has 2 aromatic carbocycles. The van der Waals surface area contributed by atoms with E-state index in [0.717, 1.165) is 16.7 Å². The zero-order valence-corrected chi connectivity index (χ0v) is 18.1. The molecule has 0 aliphatic rings. The summed E-state index contributed by atoms with van der Waals surface area (Å²) in [5, 5.41) is 0. The van der Waals surface area contributed by atoms with E-state index in [1.807, 2.05) is 44.2 Å². The van der Waals surface area contributed by atoms with E-state index < -0.39 is 15.6 Å². The number of rotatable bonds is 3. The fourth-order valence-electron chi connectivity index (χ4n) is 2.89. The van der Waals surface area contributed by atoms with Crippen LogP contribution in [0.1, 0.15) is 32.6 Å². The summed E-state index contributed by atoms with van der Waals surface area (Å²) in [4.78, 5) is 17.3. The van der Waals surface area contributed by atoms with Crippen LogP contribution < -0.4 is 4.74 Å². The molecule has 0 saturated carbocycles. The lowest BCUT2D eigenvalue weighted by molar-refractivity contribution is 0.100. The fraction of sp³-hybridized carbons (Fsp3) is 0.167. The van der Waals surface area contributed by atoms with Gasteiger partial charge in [0.05, 0.1) is 22.4 Å². The van der Waals surface area contributed by atoms with Gasteiger partial charge in [0.2, 0.25) is 0 Å². The molecule has 0 bridgehead atoms. The zero-order valence-electron chi connectivity index (χ0n) is 17.3. The first kappa shape index (κ1) is 21.3. The highest BCUT2D eigenvalue weighted by atomic mass is 32.2. The van der Waals surface area contributed by atoms with Gasteiger partial charge in [0.1, 0.15) is 5.75 Å². The topological polar surface area (TPSA) is 68.6 Å². The predicted molar refractivity (Wildman–Crippen MR) is 118 cm³/mol. The van der Waals surface area contributed by atoms with Crippen molar-refractivity contribution < 1.29 is 13.7 Å². The summed E-state index contributed by atoms with van der Waals surface area (Å²) in [5.74, 6) is 6.13. The predicted octanol–water partition coefficient (Wildman–Crippen LogP) is 4.40. The van der Waals surface area contributed by atoms with Crippen LogP contribution in [-0.2, 0) is 9.73 Å². The van der Waals surface area contributed by atoms with Gasteiger partial charge in [-0.05, 0) is 61.4 Å². The molecule has 3 rings (SSSR count). The van der Waals surface area contributed by atoms with Gasteiger partial charge in [-0.15, -0.1) is 0 Å². The smallest absolute Gasteiger partial charge is 0.286 e. The monoisotopic (exact) mass is 418 g/mol. The highest BCUT2D eigenvalue weighted by molar-refractivity contribution is 7.93. The summed E-state index contributed by atoms with van der Waals surface area (Å²) in [6, 6.07) is 14.5. The highest BCUT2D eigenvalue weighted by Gasteiger charge is 2.13. The Morgan fingerprint density at radius 1 is 1.00 bits per heavy atom. The number of nitrogens with zero attached hydrogens (tertiary/aromatic N) is 2. The molecule has 0 aliphatic carbocycles. The SMILES string of the molecule is COc1cccc(C#Cc2cncc(C(=O)N=S(C)(=O)c3cc(C)cc(C)c3)c2)c1. The van der Waals surface area contributed by atoms with Crippen LogP contribution in [0.15, 0.2) is 70.2 Å². The molecule has 0 N–H and O–H groups in total. The van der Waals surface area contributed by atoms with Crippen LogP contribution in [0.3, 0.4) is 0 Å². The standard InChI is InChI=1S/C24H22N2O3S/c1-17-10-18(2)12-23(11-17)30(4,28)26-24(27)21-13-20(15-25-16-21)9-8-19-6-5-7-22(14-19)29-3/h5-7,10-16H,1-4H3. The van der Waals surface area contributed by atoms with Gasteiger partial charge in [-0.25, -0.2) is 4.21 Å². The van der Waals surface area contributed by atoms with Crippen molar-refractivity contribution in [3.63, 3.8) is 0 Å². The van der Waals surface area contributed by atoms with Crippen molar-refractivity contribution in [2.24, 2.45) is 4.36 Å². The molecule has 1 aromatic heterocycles. The first-order valence-corrected chi connectivity index (χ1v) is 11.1. The van der Waals surface area contributed by atoms with E-state index in [2.05, 4.69) is 21.2 Å². The molecule has 0 fully saturated rings. The molecule has 0 aliphatic heterocycles. The number of aromatic nitrogens is 1. The third-order valence-electron chi connectivity index (χ3n) is 4.30. The summed E-state index contributed by atoms with van der Waals surface area (Å²) in [5.41, 5.74) is 3.53. The van der Waals surface area contributed by atoms with E-state index >= 15 is 0 Å². The lowest BCUT2D eigenvalue weighted by Crippen LogP contribution is -2.05. The maximum absolute atomic E-state index is 13.1. The Hall–Kier alpha value is -3.43. The summed E-state index contributed by atoms with van der Waals surface area (Å²) in [6.45, 7) is 3.84. The Bertz CT molecular complexity index is 1270. The Labute approximate surface area is 177 Å². The van der Waals surface area contributed by atoms with Crippen molar-refractivity contribution in [2.45, 2.75) is 18.7 Å². The molecular weight excluding hydrogens is 396 g/mol. The fourth-order valence-corrected chi connectivity index (χ4v) is 4.22. The molecule has 1 atom stereocenters. The largest absolute Gasteiger partial charge is 0.497 e. The number of ether oxygens (including phenoxy) is 1. The van der Waals surface area contributed by atoms with Gasteiger partial charge in [0.15, 0.2) is 0 Å². The Morgan fingerprint density at radius 3 is 2.40 bits per heavy atom. The van der Waals surface area contributed by atoms with E-state index in [9.17, 15) is 9.00 Å². The third-order valence-corrected chi connectivity index (χ3v) is 5.92. The second-order valence-electron chi connectivity index (χ2n) is 6.97. The molecule has 0 radical (unpaired) electrons. The van der Waals surface area contributed by atoms with Crippen LogP contribution in [0.25, 0.3) is 0 Å². The van der Waals surface area contributed by atoms with E-state index in [4.69, 9.17) is 4.74 Å². The molecule has 1 amide bonds. The zero-order chi connectivity index (χ0) is 21.7. The number of amides is 1. The quantitative estimate of drug-likeness (QED) is 0.591. The number of benzene rings is 2. The van der Waals surface area contributed by atoms with Crippen LogP contribution in [0.2, 0.25) is 0 Å². The molecule has 6 heteroatoms. The van der Waals surface area contributed by atoms with Crippen LogP contribution in [-0.4, -0.2) is 28.5 Å². The third kappa shape index (κ3) is 5.34. The molecule has 0 saturated heterocycles. The highest BCUT2D eigenvalue weighted by Crippen LogP contribution is 2.18. The lowest BCUT2D eigenvalue weighted by atomic mass is 10.1. The normalized spacial score (nSPS) is 12.3. The van der Waals surface area contributed by atoms with Crippen molar-refractivity contribution in [3.8, 4) is 17.6 Å². The van der Waals surface area contributed by atoms with E-state index in [1.54, 1.807) is 31.5 Å². The maximum Gasteiger partial charge on any atom is 0.286 e. The number of hydrogen-bond acceptors (Lipinski definition) is 4. The Kier molecular flexibility index (Phi) is 6.34. The lowest BCUT2D eigenvalue weighted by Gasteiger charge is -2.07. The minimum atomic E-state index is -2.88. The first-order valence-electron chi connectivity index (χ1n) is 9.23. The number of carbonyl (C=O) groups is 1. The van der Waals surface area contributed by atoms with Crippen LogP contribution in [0.4, 0.5) is 0 Å². The average molecular weight is 419 g/mol. The van der Waals surface area contributed by atoms with Crippen molar-refractivity contribution >= 4 is 15.6 Å². The van der Waals surface area contributed by atoms with Crippen molar-refractivity contribution in [3.05, 3.63) is 88.7 Å². The second-order valence-corrected chi connectivity index (χ2v) is 9.23. The van der Waals surface area contributed by atoms with Crippen LogP contribution in [0, 0.1) is 25.7 Å². The van der Waals surface area contributed by atoms with Gasteiger partial charge in [-0.2, -0.15) is 4.36 Å². The number of aryl methyl sites for hydroxylation is 2. The maximum atomic E-state index is 13.1. The summed E-state index contributed by atoms with van der Waals surface area (Å²) >= 11 is 0. The van der Waals surface area contributed by atoms with Gasteiger partial charge in [-0.1, -0.05) is 24.0 Å². The molecule has 1 unspecified atom stereocenters. The van der Waals surface area contributed by atoms with Crippen LogP contribution in [0.5, 0.6) is 5.75 Å². The average Bonchev–Trinajstić information content (AvgIpc) is 2.71. The van der Waals surface area contributed by atoms with Crippen molar-refractivity contribution in [2.75, 3.05) is 13.4 Å². The van der Waals surface area contributed by atoms with E-state index in [1.165, 1.54) is 12.5 Å². The first-order chi connectivity index (χ1) is 14.3. The molecule has 5 nitrogen and oxygen atoms in total. The second kappa shape index (κ2) is 8.93. The molecule has 30 heavy (non-hydrogen) atoms. The van der Waals surface area contributed by atoms with Gasteiger partial charge >= 0.3 is 0 Å². The number of pyridine rings is 1. The van der Waals surface area contributed by atoms with E-state index in [-0.39, 0.29) is 5.56 Å². The van der Waals surface area contributed by atoms with Gasteiger partial charge in [0, 0.05) is 34.7 Å². The molecule has 0 spiro atoms. The van der Waals surface area contributed by atoms with Gasteiger partial charge in [0.25, 0.3) is 5.91 Å². The summed E-state index contributed by atoms with van der Waals surface area (Å²) in [6.07, 6.45) is 4.44. The van der Waals surface area contributed by atoms with Gasteiger partial charge < -0.3 is 4.74 Å². The Balaban J connectivity index is 1.90. The molecular formula is C24H22N2O3S. The number of methoxy groups -OCH3 is 1. The summed E-state index contributed by atoms with van der Waals surface area (Å²) in [7, 11) is -1.28.